The molecule has 0 aliphatic rings. The highest BCUT2D eigenvalue weighted by molar-refractivity contribution is 6.32. The monoisotopic (exact) mass is 376 g/mol. The van der Waals surface area contributed by atoms with Gasteiger partial charge in [-0.15, -0.1) is 0 Å². The van der Waals surface area contributed by atoms with Gasteiger partial charge in [-0.05, 0) is 36.8 Å². The summed E-state index contributed by atoms with van der Waals surface area (Å²) in [5.41, 5.74) is 4.50. The molecule has 2 aromatic rings. The summed E-state index contributed by atoms with van der Waals surface area (Å²) in [6.07, 6.45) is 1.39. The first-order chi connectivity index (χ1) is 12.4. The molecule has 0 atom stereocenters. The lowest BCUT2D eigenvalue weighted by Crippen LogP contribution is -2.17. The summed E-state index contributed by atoms with van der Waals surface area (Å²) < 4.78 is 10.3. The molecule has 136 valence electrons. The summed E-state index contributed by atoms with van der Waals surface area (Å²) >= 11 is 6.10. The highest BCUT2D eigenvalue weighted by Crippen LogP contribution is 2.36. The van der Waals surface area contributed by atoms with Gasteiger partial charge in [0.1, 0.15) is 0 Å². The quantitative estimate of drug-likeness (QED) is 0.572. The van der Waals surface area contributed by atoms with E-state index in [-0.39, 0.29) is 22.4 Å². The highest BCUT2D eigenvalue weighted by atomic mass is 35.5. The number of carboxylic acid groups (broad SMARTS) is 1. The van der Waals surface area contributed by atoms with E-state index >= 15 is 0 Å². The molecule has 0 saturated carbocycles. The van der Waals surface area contributed by atoms with Crippen molar-refractivity contribution in [1.29, 1.82) is 0 Å². The number of halogens is 1. The second-order valence-electron chi connectivity index (χ2n) is 5.28. The molecule has 1 amide bonds. The topological polar surface area (TPSA) is 97.2 Å². The molecule has 2 N–H and O–H groups in total. The smallest absolute Gasteiger partial charge is 0.341 e. The predicted molar refractivity (Wildman–Crippen MR) is 97.4 cm³/mol. The van der Waals surface area contributed by atoms with Crippen LogP contribution in [0.25, 0.3) is 0 Å². The van der Waals surface area contributed by atoms with Crippen molar-refractivity contribution in [3.63, 3.8) is 0 Å². The third-order valence-electron chi connectivity index (χ3n) is 3.29. The minimum absolute atomic E-state index is 0.123. The van der Waals surface area contributed by atoms with Crippen molar-refractivity contribution >= 4 is 29.7 Å². The minimum atomic E-state index is -1.13. The first-order valence-corrected chi connectivity index (χ1v) is 7.90. The number of carbonyl (C=O) groups excluding carboxylic acids is 1. The van der Waals surface area contributed by atoms with E-state index in [0.29, 0.717) is 11.1 Å². The number of aryl methyl sites for hydroxylation is 1. The van der Waals surface area contributed by atoms with Crippen LogP contribution in [0.15, 0.2) is 41.5 Å². The minimum Gasteiger partial charge on any atom is -0.493 e. The third-order valence-corrected chi connectivity index (χ3v) is 3.57. The number of ether oxygens (including phenoxy) is 2. The summed E-state index contributed by atoms with van der Waals surface area (Å²) in [5, 5.41) is 12.7. The molecule has 8 heteroatoms. The maximum absolute atomic E-state index is 12.0. The number of benzene rings is 2. The van der Waals surface area contributed by atoms with Crippen molar-refractivity contribution in [2.24, 2.45) is 5.10 Å². The molecule has 0 bridgehead atoms. The van der Waals surface area contributed by atoms with Gasteiger partial charge in [0.25, 0.3) is 5.91 Å². The molecule has 0 heterocycles. The van der Waals surface area contributed by atoms with Crippen molar-refractivity contribution < 1.29 is 24.2 Å². The highest BCUT2D eigenvalue weighted by Gasteiger charge is 2.13. The van der Waals surface area contributed by atoms with Crippen LogP contribution in [0.3, 0.4) is 0 Å². The summed E-state index contributed by atoms with van der Waals surface area (Å²) in [5.74, 6) is -1.10. The Morgan fingerprint density at radius 2 is 1.96 bits per heavy atom. The maximum Gasteiger partial charge on any atom is 0.341 e. The molecular weight excluding hydrogens is 360 g/mol. The van der Waals surface area contributed by atoms with Gasteiger partial charge in [0.05, 0.1) is 18.3 Å². The van der Waals surface area contributed by atoms with Crippen molar-refractivity contribution in [3.8, 4) is 11.5 Å². The van der Waals surface area contributed by atoms with Gasteiger partial charge in [0, 0.05) is 5.56 Å². The van der Waals surface area contributed by atoms with E-state index in [1.807, 2.05) is 19.1 Å². The Hall–Kier alpha value is -3.06. The molecule has 0 fully saturated rings. The SMILES string of the molecule is COc1cc(/C=N\NC(=O)c2ccc(C)cc2)cc(Cl)c1OCC(=O)O. The second kappa shape index (κ2) is 8.87. The zero-order valence-corrected chi connectivity index (χ0v) is 14.9. The molecule has 0 aromatic heterocycles. The van der Waals surface area contributed by atoms with Crippen LogP contribution >= 0.6 is 11.6 Å². The van der Waals surface area contributed by atoms with Crippen LogP contribution in [0.2, 0.25) is 5.02 Å². The molecule has 2 aromatic carbocycles. The van der Waals surface area contributed by atoms with Crippen molar-refractivity contribution in [2.75, 3.05) is 13.7 Å². The molecule has 0 spiro atoms. The number of methoxy groups -OCH3 is 1. The van der Waals surface area contributed by atoms with Crippen LogP contribution in [-0.2, 0) is 4.79 Å². The number of nitrogens with one attached hydrogen (secondary N) is 1. The number of nitrogens with zero attached hydrogens (tertiary/aromatic N) is 1. The Morgan fingerprint density at radius 1 is 1.27 bits per heavy atom. The van der Waals surface area contributed by atoms with Gasteiger partial charge in [-0.1, -0.05) is 29.3 Å². The Labute approximate surface area is 155 Å². The summed E-state index contributed by atoms with van der Waals surface area (Å²) in [6.45, 7) is 1.39. The molecule has 2 rings (SSSR count). The number of amides is 1. The first-order valence-electron chi connectivity index (χ1n) is 7.53. The normalized spacial score (nSPS) is 10.6. The molecule has 0 aliphatic heterocycles. The van der Waals surface area contributed by atoms with Crippen molar-refractivity contribution in [3.05, 3.63) is 58.1 Å². The van der Waals surface area contributed by atoms with E-state index in [2.05, 4.69) is 10.5 Å². The Kier molecular flexibility index (Phi) is 6.57. The molecule has 0 radical (unpaired) electrons. The number of hydrogen-bond acceptors (Lipinski definition) is 5. The number of carbonyl (C=O) groups is 2. The van der Waals surface area contributed by atoms with Gasteiger partial charge in [-0.25, -0.2) is 10.2 Å². The van der Waals surface area contributed by atoms with Crippen LogP contribution in [-0.4, -0.2) is 36.9 Å². The van der Waals surface area contributed by atoms with Crippen LogP contribution < -0.4 is 14.9 Å². The van der Waals surface area contributed by atoms with Gasteiger partial charge in [-0.2, -0.15) is 5.10 Å². The Morgan fingerprint density at radius 3 is 2.58 bits per heavy atom. The van der Waals surface area contributed by atoms with Crippen LogP contribution in [0.5, 0.6) is 11.5 Å². The van der Waals surface area contributed by atoms with Gasteiger partial charge >= 0.3 is 5.97 Å². The van der Waals surface area contributed by atoms with Gasteiger partial charge in [-0.3, -0.25) is 4.79 Å². The summed E-state index contributed by atoms with van der Waals surface area (Å²) in [6, 6.07) is 10.1. The Bertz CT molecular complexity index is 834. The predicted octanol–water partition coefficient (Wildman–Crippen LogP) is 2.88. The van der Waals surface area contributed by atoms with Gasteiger partial charge in [0.15, 0.2) is 18.1 Å². The molecule has 0 saturated heterocycles. The standard InChI is InChI=1S/C18H17ClN2O5/c1-11-3-5-13(6-4-11)18(24)21-20-9-12-7-14(19)17(15(8-12)25-2)26-10-16(22)23/h3-9H,10H2,1-2H3,(H,21,24)(H,22,23)/b20-9-. The molecule has 26 heavy (non-hydrogen) atoms. The van der Waals surface area contributed by atoms with Gasteiger partial charge in [0.2, 0.25) is 0 Å². The van der Waals surface area contributed by atoms with Gasteiger partial charge < -0.3 is 14.6 Å². The second-order valence-corrected chi connectivity index (χ2v) is 5.69. The number of carboxylic acids is 1. The molecular formula is C18H17ClN2O5. The summed E-state index contributed by atoms with van der Waals surface area (Å²) in [7, 11) is 1.40. The van der Waals surface area contributed by atoms with E-state index in [1.54, 1.807) is 18.2 Å². The largest absolute Gasteiger partial charge is 0.493 e. The van der Waals surface area contributed by atoms with E-state index in [0.717, 1.165) is 5.56 Å². The average Bonchev–Trinajstić information content (AvgIpc) is 2.60. The fraction of sp³-hybridized carbons (Fsp3) is 0.167. The lowest BCUT2D eigenvalue weighted by Gasteiger charge is -2.11. The van der Waals surface area contributed by atoms with E-state index in [1.165, 1.54) is 19.4 Å². The lowest BCUT2D eigenvalue weighted by atomic mass is 10.1. The fourth-order valence-corrected chi connectivity index (χ4v) is 2.30. The maximum atomic E-state index is 12.0. The zero-order chi connectivity index (χ0) is 19.1. The molecule has 0 unspecified atom stereocenters. The fourth-order valence-electron chi connectivity index (χ4n) is 2.02. The zero-order valence-electron chi connectivity index (χ0n) is 14.2. The van der Waals surface area contributed by atoms with E-state index < -0.39 is 12.6 Å². The van der Waals surface area contributed by atoms with E-state index in [9.17, 15) is 9.59 Å². The first kappa shape index (κ1) is 19.3. The third kappa shape index (κ3) is 5.22. The average molecular weight is 377 g/mol. The lowest BCUT2D eigenvalue weighted by molar-refractivity contribution is -0.139. The number of hydrogen-bond donors (Lipinski definition) is 2. The van der Waals surface area contributed by atoms with Crippen LogP contribution in [0.1, 0.15) is 21.5 Å². The Balaban J connectivity index is 2.09. The summed E-state index contributed by atoms with van der Waals surface area (Å²) in [4.78, 5) is 22.6. The van der Waals surface area contributed by atoms with Crippen LogP contribution in [0, 0.1) is 6.92 Å². The van der Waals surface area contributed by atoms with Crippen molar-refractivity contribution in [2.45, 2.75) is 6.92 Å². The number of rotatable bonds is 7. The van der Waals surface area contributed by atoms with Crippen molar-refractivity contribution in [1.82, 2.24) is 5.43 Å². The van der Waals surface area contributed by atoms with E-state index in [4.69, 9.17) is 26.2 Å². The number of hydrazone groups is 1. The molecule has 7 nitrogen and oxygen atoms in total. The molecule has 0 aliphatic carbocycles. The van der Waals surface area contributed by atoms with Crippen LogP contribution in [0.4, 0.5) is 0 Å². The number of aliphatic carboxylic acids is 1.